The molecule has 1 atom stereocenters. The topological polar surface area (TPSA) is 70.7 Å². The summed E-state index contributed by atoms with van der Waals surface area (Å²) in [4.78, 5) is 26.1. The Morgan fingerprint density at radius 2 is 1.84 bits per heavy atom. The van der Waals surface area contributed by atoms with Gasteiger partial charge in [0.25, 0.3) is 0 Å². The number of benzene rings is 2. The molecule has 130 valence electrons. The highest BCUT2D eigenvalue weighted by atomic mass is 19.1. The van der Waals surface area contributed by atoms with E-state index in [1.165, 1.54) is 24.3 Å². The summed E-state index contributed by atoms with van der Waals surface area (Å²) in [5.41, 5.74) is 6.57. The van der Waals surface area contributed by atoms with E-state index in [4.69, 9.17) is 4.74 Å². The summed E-state index contributed by atoms with van der Waals surface area (Å²) in [6.45, 7) is 0.308. The number of nitrogens with zero attached hydrogens (tertiary/aromatic N) is 1. The number of anilines is 2. The molecule has 1 fully saturated rings. The van der Waals surface area contributed by atoms with Gasteiger partial charge in [0.1, 0.15) is 11.6 Å². The predicted octanol–water partition coefficient (Wildman–Crippen LogP) is 2.33. The third-order valence-corrected chi connectivity index (χ3v) is 4.05. The number of methoxy groups -OCH3 is 1. The Morgan fingerprint density at radius 1 is 1.16 bits per heavy atom. The molecule has 2 aromatic carbocycles. The van der Waals surface area contributed by atoms with Crippen LogP contribution in [0.15, 0.2) is 48.5 Å². The Bertz CT molecular complexity index is 762. The van der Waals surface area contributed by atoms with Gasteiger partial charge in [-0.15, -0.1) is 0 Å². The van der Waals surface area contributed by atoms with Crippen LogP contribution in [0.4, 0.5) is 15.8 Å². The summed E-state index contributed by atoms with van der Waals surface area (Å²) in [6, 6.07) is 12.7. The number of carbonyl (C=O) groups excluding carboxylic acids is 2. The largest absolute Gasteiger partial charge is 0.497 e. The molecule has 0 bridgehead atoms. The zero-order valence-corrected chi connectivity index (χ0v) is 13.7. The fourth-order valence-electron chi connectivity index (χ4n) is 2.66. The van der Waals surface area contributed by atoms with Crippen LogP contribution in [-0.2, 0) is 9.59 Å². The van der Waals surface area contributed by atoms with Crippen LogP contribution in [0, 0.1) is 11.7 Å². The smallest absolute Gasteiger partial charge is 0.243 e. The average molecular weight is 343 g/mol. The van der Waals surface area contributed by atoms with Crippen molar-refractivity contribution >= 4 is 23.2 Å². The van der Waals surface area contributed by atoms with Crippen LogP contribution in [0.3, 0.4) is 0 Å². The molecule has 1 heterocycles. The maximum absolute atomic E-state index is 12.9. The fourth-order valence-corrected chi connectivity index (χ4v) is 2.66. The SMILES string of the molecule is COc1ccc(N2C[C@H](C(=O)NNc3ccc(F)cc3)CC2=O)cc1. The maximum atomic E-state index is 12.9. The molecule has 0 radical (unpaired) electrons. The second kappa shape index (κ2) is 7.21. The lowest BCUT2D eigenvalue weighted by Gasteiger charge is -2.17. The summed E-state index contributed by atoms with van der Waals surface area (Å²) in [5, 5.41) is 0. The number of halogens is 1. The summed E-state index contributed by atoms with van der Waals surface area (Å²) in [7, 11) is 1.57. The molecule has 3 rings (SSSR count). The molecule has 0 saturated carbocycles. The van der Waals surface area contributed by atoms with Gasteiger partial charge in [0.2, 0.25) is 11.8 Å². The molecule has 1 saturated heterocycles. The van der Waals surface area contributed by atoms with Crippen molar-refractivity contribution in [1.82, 2.24) is 5.43 Å². The van der Waals surface area contributed by atoms with Crippen LogP contribution in [-0.4, -0.2) is 25.5 Å². The van der Waals surface area contributed by atoms with Crippen molar-refractivity contribution in [3.05, 3.63) is 54.3 Å². The monoisotopic (exact) mass is 343 g/mol. The van der Waals surface area contributed by atoms with Crippen LogP contribution in [0.25, 0.3) is 0 Å². The van der Waals surface area contributed by atoms with E-state index in [-0.39, 0.29) is 24.1 Å². The zero-order valence-electron chi connectivity index (χ0n) is 13.7. The number of amides is 2. The molecule has 7 heteroatoms. The molecule has 0 aliphatic carbocycles. The van der Waals surface area contributed by atoms with Crippen LogP contribution in [0.1, 0.15) is 6.42 Å². The Balaban J connectivity index is 1.59. The number of hydrogen-bond acceptors (Lipinski definition) is 4. The van der Waals surface area contributed by atoms with Gasteiger partial charge in [-0.3, -0.25) is 20.4 Å². The molecule has 25 heavy (non-hydrogen) atoms. The van der Waals surface area contributed by atoms with Gasteiger partial charge in [0.15, 0.2) is 0 Å². The second-order valence-electron chi connectivity index (χ2n) is 5.72. The molecular formula is C18H18FN3O3. The summed E-state index contributed by atoms with van der Waals surface area (Å²) >= 11 is 0. The number of rotatable bonds is 5. The predicted molar refractivity (Wildman–Crippen MR) is 91.6 cm³/mol. The van der Waals surface area contributed by atoms with E-state index >= 15 is 0 Å². The normalized spacial score (nSPS) is 16.6. The van der Waals surface area contributed by atoms with Crippen molar-refractivity contribution in [1.29, 1.82) is 0 Å². The highest BCUT2D eigenvalue weighted by Crippen LogP contribution is 2.26. The van der Waals surface area contributed by atoms with Crippen LogP contribution < -0.4 is 20.5 Å². The van der Waals surface area contributed by atoms with Crippen LogP contribution in [0.5, 0.6) is 5.75 Å². The quantitative estimate of drug-likeness (QED) is 0.818. The average Bonchev–Trinajstić information content (AvgIpc) is 3.03. The zero-order chi connectivity index (χ0) is 17.8. The van der Waals surface area contributed by atoms with Crippen molar-refractivity contribution in [2.24, 2.45) is 5.92 Å². The minimum absolute atomic E-state index is 0.105. The molecule has 1 aliphatic rings. The van der Waals surface area contributed by atoms with E-state index in [1.54, 1.807) is 36.3 Å². The highest BCUT2D eigenvalue weighted by Gasteiger charge is 2.35. The molecule has 6 nitrogen and oxygen atoms in total. The molecule has 2 aromatic rings. The molecular weight excluding hydrogens is 325 g/mol. The van der Waals surface area contributed by atoms with Gasteiger partial charge < -0.3 is 9.64 Å². The maximum Gasteiger partial charge on any atom is 0.243 e. The first-order valence-corrected chi connectivity index (χ1v) is 7.82. The molecule has 2 amide bonds. The number of carbonyl (C=O) groups is 2. The molecule has 0 aromatic heterocycles. The number of hydrazine groups is 1. The van der Waals surface area contributed by atoms with Gasteiger partial charge in [-0.1, -0.05) is 0 Å². The van der Waals surface area contributed by atoms with Crippen LogP contribution >= 0.6 is 0 Å². The minimum atomic E-state index is -0.456. The van der Waals surface area contributed by atoms with Gasteiger partial charge in [-0.25, -0.2) is 4.39 Å². The van der Waals surface area contributed by atoms with Crippen LogP contribution in [0.2, 0.25) is 0 Å². The van der Waals surface area contributed by atoms with E-state index in [0.717, 1.165) is 5.69 Å². The van der Waals surface area contributed by atoms with Crippen molar-refractivity contribution in [2.45, 2.75) is 6.42 Å². The lowest BCUT2D eigenvalue weighted by Crippen LogP contribution is -2.36. The van der Waals surface area contributed by atoms with Crippen molar-refractivity contribution < 1.29 is 18.7 Å². The molecule has 1 aliphatic heterocycles. The Kier molecular flexibility index (Phi) is 4.83. The third-order valence-electron chi connectivity index (χ3n) is 4.05. The van der Waals surface area contributed by atoms with Gasteiger partial charge in [-0.05, 0) is 48.5 Å². The van der Waals surface area contributed by atoms with Gasteiger partial charge in [-0.2, -0.15) is 0 Å². The number of ether oxygens (including phenoxy) is 1. The lowest BCUT2D eigenvalue weighted by atomic mass is 10.1. The first-order chi connectivity index (χ1) is 12.1. The van der Waals surface area contributed by atoms with Gasteiger partial charge in [0, 0.05) is 18.7 Å². The minimum Gasteiger partial charge on any atom is -0.497 e. The fraction of sp³-hybridized carbons (Fsp3) is 0.222. The molecule has 2 N–H and O–H groups in total. The van der Waals surface area contributed by atoms with E-state index < -0.39 is 5.92 Å². The number of nitrogens with one attached hydrogen (secondary N) is 2. The Morgan fingerprint density at radius 3 is 2.48 bits per heavy atom. The lowest BCUT2D eigenvalue weighted by molar-refractivity contribution is -0.125. The first-order valence-electron chi connectivity index (χ1n) is 7.82. The Hall–Kier alpha value is -3.09. The summed E-state index contributed by atoms with van der Waals surface area (Å²) in [5.74, 6) is -0.495. The standard InChI is InChI=1S/C18H18FN3O3/c1-25-16-8-6-15(7-9-16)22-11-12(10-17(22)23)18(24)21-20-14-4-2-13(19)3-5-14/h2-9,12,20H,10-11H2,1H3,(H,21,24)/t12-/m1/s1. The summed E-state index contributed by atoms with van der Waals surface area (Å²) in [6.07, 6.45) is 0.142. The van der Waals surface area contributed by atoms with E-state index in [2.05, 4.69) is 10.9 Å². The van der Waals surface area contributed by atoms with Crippen molar-refractivity contribution in [3.63, 3.8) is 0 Å². The summed E-state index contributed by atoms with van der Waals surface area (Å²) < 4.78 is 18.0. The van der Waals surface area contributed by atoms with E-state index in [1.807, 2.05) is 0 Å². The van der Waals surface area contributed by atoms with Gasteiger partial charge in [0.05, 0.1) is 18.7 Å². The van der Waals surface area contributed by atoms with Gasteiger partial charge >= 0.3 is 0 Å². The second-order valence-corrected chi connectivity index (χ2v) is 5.72. The molecule has 0 spiro atoms. The van der Waals surface area contributed by atoms with E-state index in [0.29, 0.717) is 18.0 Å². The van der Waals surface area contributed by atoms with Crippen molar-refractivity contribution in [3.8, 4) is 5.75 Å². The molecule has 0 unspecified atom stereocenters. The third kappa shape index (κ3) is 3.88. The highest BCUT2D eigenvalue weighted by molar-refractivity contribution is 6.00. The number of hydrogen-bond donors (Lipinski definition) is 2. The first kappa shape index (κ1) is 16.8. The Labute approximate surface area is 144 Å². The van der Waals surface area contributed by atoms with E-state index in [9.17, 15) is 14.0 Å². The van der Waals surface area contributed by atoms with Crippen molar-refractivity contribution in [2.75, 3.05) is 24.0 Å².